The van der Waals surface area contributed by atoms with Gasteiger partial charge in [-0.05, 0) is 52.4 Å². The van der Waals surface area contributed by atoms with Gasteiger partial charge in [-0.3, -0.25) is 4.79 Å². The zero-order valence-electron chi connectivity index (χ0n) is 13.3. The van der Waals surface area contributed by atoms with Gasteiger partial charge < -0.3 is 4.90 Å². The van der Waals surface area contributed by atoms with Crippen LogP contribution in [-0.4, -0.2) is 13.0 Å². The Labute approximate surface area is 135 Å². The van der Waals surface area contributed by atoms with Crippen LogP contribution in [0.4, 0.5) is 5.69 Å². The molecular weight excluding hydrogens is 282 g/mol. The summed E-state index contributed by atoms with van der Waals surface area (Å²) in [6.45, 7) is 2.13. The monoisotopic (exact) mass is 299 g/mol. The van der Waals surface area contributed by atoms with Crippen LogP contribution in [0.15, 0.2) is 54.6 Å². The van der Waals surface area contributed by atoms with E-state index in [1.54, 1.807) is 0 Å². The summed E-state index contributed by atoms with van der Waals surface area (Å²) >= 11 is 0. The lowest BCUT2D eigenvalue weighted by molar-refractivity contribution is -0.121. The lowest BCUT2D eigenvalue weighted by Gasteiger charge is -2.26. The number of hydrogen-bond acceptors (Lipinski definition) is 1. The van der Waals surface area contributed by atoms with Crippen LogP contribution >= 0.6 is 0 Å². The molecular formula is C21H17NO. The molecule has 1 aliphatic carbocycles. The largest absolute Gasteiger partial charge is 0.314 e. The maximum absolute atomic E-state index is 13.4. The number of nitrogens with zero attached hydrogens (tertiary/aromatic N) is 1. The molecule has 3 aromatic rings. The molecule has 0 fully saturated rings. The number of hydrogen-bond donors (Lipinski definition) is 0. The van der Waals surface area contributed by atoms with Gasteiger partial charge in [0.15, 0.2) is 0 Å². The molecule has 1 atom stereocenters. The van der Waals surface area contributed by atoms with Crippen LogP contribution in [-0.2, 0) is 16.6 Å². The predicted octanol–water partition coefficient (Wildman–Crippen LogP) is 3.97. The molecule has 1 amide bonds. The van der Waals surface area contributed by atoms with E-state index < -0.39 is 5.41 Å². The van der Waals surface area contributed by atoms with E-state index in [0.29, 0.717) is 0 Å². The number of likely N-dealkylation sites (N-methyl/N-ethyl adjacent to an activating group) is 1. The Kier molecular flexibility index (Phi) is 2.25. The highest BCUT2D eigenvalue weighted by atomic mass is 16.2. The van der Waals surface area contributed by atoms with Gasteiger partial charge >= 0.3 is 0 Å². The topological polar surface area (TPSA) is 20.3 Å². The zero-order valence-corrected chi connectivity index (χ0v) is 13.3. The molecule has 0 bridgehead atoms. The smallest absolute Gasteiger partial charge is 0.242 e. The first-order chi connectivity index (χ1) is 11.1. The molecule has 1 aliphatic heterocycles. The van der Waals surface area contributed by atoms with Crippen molar-refractivity contribution in [1.29, 1.82) is 0 Å². The molecule has 1 unspecified atom stereocenters. The van der Waals surface area contributed by atoms with Crippen molar-refractivity contribution in [2.45, 2.75) is 18.8 Å². The van der Waals surface area contributed by atoms with Crippen molar-refractivity contribution in [3.8, 4) is 0 Å². The SMILES string of the molecule is Cc1ccc2cccc3c2c1C1(C3)C(=O)N(C)c2ccccc21. The van der Waals surface area contributed by atoms with E-state index in [-0.39, 0.29) is 5.91 Å². The number of benzene rings is 3. The summed E-state index contributed by atoms with van der Waals surface area (Å²) in [5.74, 6) is 0.200. The molecule has 2 aliphatic rings. The number of rotatable bonds is 0. The van der Waals surface area contributed by atoms with Crippen LogP contribution in [0.25, 0.3) is 10.8 Å². The molecule has 0 saturated carbocycles. The fraction of sp³-hybridized carbons (Fsp3) is 0.190. The quantitative estimate of drug-likeness (QED) is 0.615. The van der Waals surface area contributed by atoms with Crippen molar-refractivity contribution in [2.75, 3.05) is 11.9 Å². The molecule has 3 aromatic carbocycles. The van der Waals surface area contributed by atoms with Crippen molar-refractivity contribution < 1.29 is 4.79 Å². The summed E-state index contributed by atoms with van der Waals surface area (Å²) in [5.41, 5.74) is 5.37. The Hall–Kier alpha value is -2.61. The first-order valence-corrected chi connectivity index (χ1v) is 8.04. The number of para-hydroxylation sites is 1. The zero-order chi connectivity index (χ0) is 15.8. The summed E-state index contributed by atoms with van der Waals surface area (Å²) < 4.78 is 0. The maximum atomic E-state index is 13.4. The highest BCUT2D eigenvalue weighted by molar-refractivity contribution is 6.14. The minimum Gasteiger partial charge on any atom is -0.314 e. The van der Waals surface area contributed by atoms with Gasteiger partial charge in [0, 0.05) is 12.7 Å². The molecule has 112 valence electrons. The minimum atomic E-state index is -0.543. The van der Waals surface area contributed by atoms with Gasteiger partial charge in [0.1, 0.15) is 5.41 Å². The molecule has 23 heavy (non-hydrogen) atoms. The third-order valence-corrected chi connectivity index (χ3v) is 5.62. The standard InChI is InChI=1S/C21H17NO/c1-13-10-11-14-6-5-7-15-12-21(19(13)18(14)15)16-8-3-4-9-17(16)22(2)20(21)23/h3-11H,12H2,1-2H3. The first kappa shape index (κ1) is 12.9. The molecule has 0 aromatic heterocycles. The van der Waals surface area contributed by atoms with E-state index in [1.165, 1.54) is 27.5 Å². The van der Waals surface area contributed by atoms with Crippen molar-refractivity contribution >= 4 is 22.4 Å². The lowest BCUT2D eigenvalue weighted by Crippen LogP contribution is -2.39. The van der Waals surface area contributed by atoms with Crippen LogP contribution in [0, 0.1) is 6.92 Å². The Balaban J connectivity index is 1.96. The van der Waals surface area contributed by atoms with E-state index >= 15 is 0 Å². The van der Waals surface area contributed by atoms with Gasteiger partial charge in [-0.2, -0.15) is 0 Å². The van der Waals surface area contributed by atoms with Gasteiger partial charge in [0.05, 0.1) is 0 Å². The van der Waals surface area contributed by atoms with E-state index in [2.05, 4.69) is 49.4 Å². The van der Waals surface area contributed by atoms with Crippen molar-refractivity contribution in [1.82, 2.24) is 0 Å². The van der Waals surface area contributed by atoms with E-state index in [4.69, 9.17) is 0 Å². The van der Waals surface area contributed by atoms with Crippen LogP contribution < -0.4 is 4.90 Å². The summed E-state index contributed by atoms with van der Waals surface area (Å²) in [6.07, 6.45) is 0.769. The fourth-order valence-electron chi connectivity index (χ4n) is 4.68. The molecule has 2 nitrogen and oxygen atoms in total. The van der Waals surface area contributed by atoms with Crippen molar-refractivity contribution in [3.05, 3.63) is 76.9 Å². The number of carbonyl (C=O) groups excluding carboxylic acids is 1. The highest BCUT2D eigenvalue weighted by Crippen LogP contribution is 2.54. The summed E-state index contributed by atoms with van der Waals surface area (Å²) in [6, 6.07) is 19.0. The van der Waals surface area contributed by atoms with E-state index in [0.717, 1.165) is 17.7 Å². The Morgan fingerprint density at radius 2 is 1.83 bits per heavy atom. The number of carbonyl (C=O) groups is 1. The molecule has 5 rings (SSSR count). The summed E-state index contributed by atoms with van der Waals surface area (Å²) in [7, 11) is 1.90. The Morgan fingerprint density at radius 1 is 1.00 bits per heavy atom. The van der Waals surface area contributed by atoms with Gasteiger partial charge in [-0.25, -0.2) is 0 Å². The summed E-state index contributed by atoms with van der Waals surface area (Å²) in [5, 5.41) is 2.52. The molecule has 0 saturated heterocycles. The van der Waals surface area contributed by atoms with E-state index in [9.17, 15) is 4.79 Å². The lowest BCUT2D eigenvalue weighted by atomic mass is 9.74. The normalized spacial score (nSPS) is 21.5. The number of anilines is 1. The number of amides is 1. The van der Waals surface area contributed by atoms with Gasteiger partial charge in [-0.15, -0.1) is 0 Å². The highest BCUT2D eigenvalue weighted by Gasteiger charge is 2.54. The second-order valence-corrected chi connectivity index (χ2v) is 6.74. The van der Waals surface area contributed by atoms with Crippen molar-refractivity contribution in [2.24, 2.45) is 0 Å². The fourth-order valence-corrected chi connectivity index (χ4v) is 4.68. The van der Waals surface area contributed by atoms with Crippen molar-refractivity contribution in [3.63, 3.8) is 0 Å². The van der Waals surface area contributed by atoms with E-state index in [1.807, 2.05) is 24.1 Å². The van der Waals surface area contributed by atoms with Crippen LogP contribution in [0.5, 0.6) is 0 Å². The second-order valence-electron chi connectivity index (χ2n) is 6.74. The Morgan fingerprint density at radius 3 is 2.70 bits per heavy atom. The summed E-state index contributed by atoms with van der Waals surface area (Å²) in [4.78, 5) is 15.2. The maximum Gasteiger partial charge on any atom is 0.242 e. The first-order valence-electron chi connectivity index (χ1n) is 8.04. The third-order valence-electron chi connectivity index (χ3n) is 5.62. The molecule has 1 spiro atoms. The Bertz CT molecular complexity index is 1000. The van der Waals surface area contributed by atoms with Crippen LogP contribution in [0.1, 0.15) is 22.3 Å². The van der Waals surface area contributed by atoms with Crippen LogP contribution in [0.2, 0.25) is 0 Å². The van der Waals surface area contributed by atoms with Gasteiger partial charge in [-0.1, -0.05) is 48.5 Å². The van der Waals surface area contributed by atoms with Gasteiger partial charge in [0.25, 0.3) is 0 Å². The van der Waals surface area contributed by atoms with Crippen LogP contribution in [0.3, 0.4) is 0 Å². The molecule has 2 heteroatoms. The molecule has 0 N–H and O–H groups in total. The predicted molar refractivity (Wildman–Crippen MR) is 93.0 cm³/mol. The average Bonchev–Trinajstić information content (AvgIpc) is 3.03. The molecule has 0 radical (unpaired) electrons. The average molecular weight is 299 g/mol. The second kappa shape index (κ2) is 4.02. The number of fused-ring (bicyclic) bond motifs is 3. The third kappa shape index (κ3) is 1.33. The minimum absolute atomic E-state index is 0.200. The molecule has 1 heterocycles. The van der Waals surface area contributed by atoms with Gasteiger partial charge in [0.2, 0.25) is 5.91 Å². The number of aryl methyl sites for hydroxylation is 1.